The highest BCUT2D eigenvalue weighted by Crippen LogP contribution is 2.30. The van der Waals surface area contributed by atoms with Crippen molar-refractivity contribution < 1.29 is 4.74 Å². The summed E-state index contributed by atoms with van der Waals surface area (Å²) in [5.74, 6) is 0.748. The summed E-state index contributed by atoms with van der Waals surface area (Å²) >= 11 is 0. The topological polar surface area (TPSA) is 21.3 Å². The Balaban J connectivity index is 2.42. The second-order valence-corrected chi connectivity index (χ2v) is 5.66. The molecule has 1 N–H and O–H groups in total. The first-order valence-corrected chi connectivity index (χ1v) is 6.97. The van der Waals surface area contributed by atoms with Crippen LogP contribution in [0.5, 0.6) is 0 Å². The zero-order chi connectivity index (χ0) is 11.9. The summed E-state index contributed by atoms with van der Waals surface area (Å²) in [4.78, 5) is 0. The molecule has 1 rings (SSSR count). The van der Waals surface area contributed by atoms with Crippen molar-refractivity contribution in [2.24, 2.45) is 5.92 Å². The van der Waals surface area contributed by atoms with Crippen molar-refractivity contribution in [3.05, 3.63) is 0 Å². The molecule has 2 heteroatoms. The number of likely N-dealkylation sites (N-methyl/N-ethyl adjacent to an activating group) is 1. The molecule has 0 aliphatic heterocycles. The largest absolute Gasteiger partial charge is 0.374 e. The third-order valence-corrected chi connectivity index (χ3v) is 3.62. The first-order valence-electron chi connectivity index (χ1n) is 6.97. The van der Waals surface area contributed by atoms with Crippen molar-refractivity contribution in [3.8, 4) is 0 Å². The zero-order valence-corrected chi connectivity index (χ0v) is 11.3. The van der Waals surface area contributed by atoms with Gasteiger partial charge in [-0.2, -0.15) is 0 Å². The van der Waals surface area contributed by atoms with E-state index in [-0.39, 0.29) is 5.60 Å². The lowest BCUT2D eigenvalue weighted by molar-refractivity contribution is -0.0574. The smallest absolute Gasteiger partial charge is 0.0806 e. The lowest BCUT2D eigenvalue weighted by atomic mass is 9.94. The molecule has 0 amide bonds. The Bertz CT molecular complexity index is 172. The summed E-state index contributed by atoms with van der Waals surface area (Å²) in [5, 5.41) is 3.32. The average Bonchev–Trinajstić information content (AvgIpc) is 2.44. The predicted octanol–water partition coefficient (Wildman–Crippen LogP) is 3.36. The number of nitrogens with one attached hydrogen (secondary N) is 1. The van der Waals surface area contributed by atoms with Gasteiger partial charge in [0.1, 0.15) is 0 Å². The molecule has 1 saturated carbocycles. The second-order valence-electron chi connectivity index (χ2n) is 5.66. The molecular weight excluding hydrogens is 198 g/mol. The number of rotatable bonds is 6. The van der Waals surface area contributed by atoms with Gasteiger partial charge in [0.25, 0.3) is 0 Å². The molecule has 2 nitrogen and oxygen atoms in total. The van der Waals surface area contributed by atoms with Gasteiger partial charge in [-0.25, -0.2) is 0 Å². The van der Waals surface area contributed by atoms with Crippen LogP contribution in [0.4, 0.5) is 0 Å². The molecule has 0 aromatic heterocycles. The van der Waals surface area contributed by atoms with Crippen molar-refractivity contribution in [3.63, 3.8) is 0 Å². The van der Waals surface area contributed by atoms with Crippen molar-refractivity contribution in [1.29, 1.82) is 0 Å². The first kappa shape index (κ1) is 14.0. The molecule has 1 aliphatic rings. The molecule has 1 aliphatic carbocycles. The second kappa shape index (κ2) is 7.29. The van der Waals surface area contributed by atoms with E-state index in [2.05, 4.69) is 19.2 Å². The van der Waals surface area contributed by atoms with Crippen molar-refractivity contribution in [2.75, 3.05) is 20.2 Å². The highest BCUT2D eigenvalue weighted by Gasteiger charge is 2.30. The van der Waals surface area contributed by atoms with E-state index in [4.69, 9.17) is 4.74 Å². The van der Waals surface area contributed by atoms with Gasteiger partial charge in [0.15, 0.2) is 0 Å². The Morgan fingerprint density at radius 3 is 2.25 bits per heavy atom. The summed E-state index contributed by atoms with van der Waals surface area (Å²) < 4.78 is 6.24. The van der Waals surface area contributed by atoms with Gasteiger partial charge in [-0.15, -0.1) is 0 Å². The fraction of sp³-hybridized carbons (Fsp3) is 1.00. The first-order chi connectivity index (χ1) is 7.68. The summed E-state index contributed by atoms with van der Waals surface area (Å²) in [5.41, 5.74) is 0.139. The van der Waals surface area contributed by atoms with Gasteiger partial charge < -0.3 is 10.1 Å². The maximum atomic E-state index is 6.24. The normalized spacial score (nSPS) is 21.0. The van der Waals surface area contributed by atoms with Crippen molar-refractivity contribution in [1.82, 2.24) is 5.32 Å². The maximum Gasteiger partial charge on any atom is 0.0806 e. The Hall–Kier alpha value is -0.0800. The van der Waals surface area contributed by atoms with Crippen LogP contribution in [0.2, 0.25) is 0 Å². The predicted molar refractivity (Wildman–Crippen MR) is 69.8 cm³/mol. The van der Waals surface area contributed by atoms with Gasteiger partial charge in [-0.1, -0.05) is 39.5 Å². The van der Waals surface area contributed by atoms with Crippen molar-refractivity contribution >= 4 is 0 Å². The van der Waals surface area contributed by atoms with E-state index in [1.54, 1.807) is 0 Å². The third kappa shape index (κ3) is 4.84. The molecule has 0 unspecified atom stereocenters. The molecule has 0 bridgehead atoms. The highest BCUT2D eigenvalue weighted by molar-refractivity contribution is 4.85. The third-order valence-electron chi connectivity index (χ3n) is 3.62. The Kier molecular flexibility index (Phi) is 6.37. The van der Waals surface area contributed by atoms with E-state index in [9.17, 15) is 0 Å². The Labute approximate surface area is 101 Å². The Morgan fingerprint density at radius 1 is 1.12 bits per heavy atom. The van der Waals surface area contributed by atoms with Crippen LogP contribution < -0.4 is 5.32 Å². The maximum absolute atomic E-state index is 6.24. The van der Waals surface area contributed by atoms with E-state index < -0.39 is 0 Å². The number of hydrogen-bond donors (Lipinski definition) is 1. The summed E-state index contributed by atoms with van der Waals surface area (Å²) in [6.45, 7) is 6.48. The molecule has 0 radical (unpaired) electrons. The lowest BCUT2D eigenvalue weighted by Gasteiger charge is -2.33. The SMILES string of the molecule is CNCC1(OCCC(C)C)CCCCCC1. The minimum absolute atomic E-state index is 0.139. The molecular formula is C14H29NO. The van der Waals surface area contributed by atoms with Gasteiger partial charge in [0.2, 0.25) is 0 Å². The number of ether oxygens (including phenoxy) is 1. The summed E-state index contributed by atoms with van der Waals surface area (Å²) in [6.07, 6.45) is 9.12. The van der Waals surface area contributed by atoms with Crippen LogP contribution in [0, 0.1) is 5.92 Å². The van der Waals surface area contributed by atoms with Crippen LogP contribution in [0.3, 0.4) is 0 Å². The van der Waals surface area contributed by atoms with Gasteiger partial charge in [-0.3, -0.25) is 0 Å². The van der Waals surface area contributed by atoms with Gasteiger partial charge in [0.05, 0.1) is 5.60 Å². The summed E-state index contributed by atoms with van der Waals surface area (Å²) in [6, 6.07) is 0. The van der Waals surface area contributed by atoms with Crippen LogP contribution in [-0.2, 0) is 4.74 Å². The fourth-order valence-electron chi connectivity index (χ4n) is 2.58. The molecule has 0 atom stereocenters. The van der Waals surface area contributed by atoms with E-state index in [0.717, 1.165) is 19.1 Å². The van der Waals surface area contributed by atoms with E-state index >= 15 is 0 Å². The minimum Gasteiger partial charge on any atom is -0.374 e. The van der Waals surface area contributed by atoms with E-state index in [1.165, 1.54) is 44.9 Å². The number of hydrogen-bond acceptors (Lipinski definition) is 2. The molecule has 0 saturated heterocycles. The lowest BCUT2D eigenvalue weighted by Crippen LogP contribution is -2.42. The molecule has 0 aromatic rings. The van der Waals surface area contributed by atoms with Crippen LogP contribution in [0.25, 0.3) is 0 Å². The van der Waals surface area contributed by atoms with Gasteiger partial charge >= 0.3 is 0 Å². The molecule has 1 fully saturated rings. The van der Waals surface area contributed by atoms with Crippen molar-refractivity contribution in [2.45, 2.75) is 64.4 Å². The average molecular weight is 227 g/mol. The van der Waals surface area contributed by atoms with Crippen LogP contribution in [-0.4, -0.2) is 25.8 Å². The minimum atomic E-state index is 0.139. The molecule has 16 heavy (non-hydrogen) atoms. The Morgan fingerprint density at radius 2 is 1.75 bits per heavy atom. The molecule has 96 valence electrons. The van der Waals surface area contributed by atoms with Gasteiger partial charge in [-0.05, 0) is 32.2 Å². The summed E-state index contributed by atoms with van der Waals surface area (Å²) in [7, 11) is 2.04. The van der Waals surface area contributed by atoms with Crippen LogP contribution in [0.15, 0.2) is 0 Å². The fourth-order valence-corrected chi connectivity index (χ4v) is 2.58. The monoisotopic (exact) mass is 227 g/mol. The van der Waals surface area contributed by atoms with Crippen LogP contribution >= 0.6 is 0 Å². The zero-order valence-electron chi connectivity index (χ0n) is 11.3. The highest BCUT2D eigenvalue weighted by atomic mass is 16.5. The van der Waals surface area contributed by atoms with Crippen LogP contribution in [0.1, 0.15) is 58.8 Å². The van der Waals surface area contributed by atoms with E-state index in [0.29, 0.717) is 0 Å². The van der Waals surface area contributed by atoms with E-state index in [1.807, 2.05) is 7.05 Å². The quantitative estimate of drug-likeness (QED) is 0.703. The molecule has 0 heterocycles. The standard InChI is InChI=1S/C14H29NO/c1-13(2)8-11-16-14(12-15-3)9-6-4-5-7-10-14/h13,15H,4-12H2,1-3H3. The molecule has 0 aromatic carbocycles. The molecule has 0 spiro atoms. The van der Waals surface area contributed by atoms with Gasteiger partial charge in [0, 0.05) is 13.2 Å².